The highest BCUT2D eigenvalue weighted by Crippen LogP contribution is 2.41. The molecule has 1 aliphatic rings. The Morgan fingerprint density at radius 3 is 2.25 bits per heavy atom. The van der Waals surface area contributed by atoms with Crippen LogP contribution in [0.1, 0.15) is 38.8 Å². The minimum Gasteiger partial charge on any atom is -0.314 e. The van der Waals surface area contributed by atoms with Gasteiger partial charge in [0, 0.05) is 41.9 Å². The van der Waals surface area contributed by atoms with E-state index in [4.69, 9.17) is 0 Å². The lowest BCUT2D eigenvalue weighted by Crippen LogP contribution is -2.46. The minimum atomic E-state index is -4.17. The van der Waals surface area contributed by atoms with Crippen molar-refractivity contribution in [3.63, 3.8) is 0 Å². The van der Waals surface area contributed by atoms with Crippen molar-refractivity contribution in [2.45, 2.75) is 49.1 Å². The third-order valence-corrected chi connectivity index (χ3v) is 4.92. The van der Waals surface area contributed by atoms with Gasteiger partial charge in [-0.3, -0.25) is 4.90 Å². The number of thioether (sulfide) groups is 1. The second kappa shape index (κ2) is 8.79. The van der Waals surface area contributed by atoms with Crippen molar-refractivity contribution in [2.75, 3.05) is 26.2 Å². The normalized spacial score (nSPS) is 18.1. The van der Waals surface area contributed by atoms with Crippen LogP contribution in [0.15, 0.2) is 29.2 Å². The molecule has 2 nitrogen and oxygen atoms in total. The highest BCUT2D eigenvalue weighted by molar-refractivity contribution is 8.00. The van der Waals surface area contributed by atoms with E-state index in [-0.39, 0.29) is 17.2 Å². The van der Waals surface area contributed by atoms with Crippen molar-refractivity contribution in [1.29, 1.82) is 0 Å². The number of halogens is 4. The van der Waals surface area contributed by atoms with Crippen LogP contribution < -0.4 is 5.32 Å². The SMILES string of the molecule is CC(C)(C)Sc1ccccc1[C@H](CC(F)(F)F)N1CCNCC1.Cl. The van der Waals surface area contributed by atoms with Crippen LogP contribution >= 0.6 is 24.2 Å². The zero-order valence-electron chi connectivity index (χ0n) is 14.3. The monoisotopic (exact) mass is 382 g/mol. The molecule has 2 rings (SSSR count). The molecule has 0 bridgehead atoms. The summed E-state index contributed by atoms with van der Waals surface area (Å²) < 4.78 is 39.5. The molecule has 1 saturated heterocycles. The summed E-state index contributed by atoms with van der Waals surface area (Å²) in [6.45, 7) is 9.02. The molecule has 138 valence electrons. The third-order valence-electron chi connectivity index (χ3n) is 3.71. The van der Waals surface area contributed by atoms with Crippen molar-refractivity contribution in [2.24, 2.45) is 0 Å². The van der Waals surface area contributed by atoms with Crippen molar-refractivity contribution in [3.8, 4) is 0 Å². The Morgan fingerprint density at radius 2 is 1.71 bits per heavy atom. The topological polar surface area (TPSA) is 15.3 Å². The summed E-state index contributed by atoms with van der Waals surface area (Å²) in [7, 11) is 0. The Kier molecular flexibility index (Phi) is 7.91. The number of hydrogen-bond donors (Lipinski definition) is 1. The summed E-state index contributed by atoms with van der Waals surface area (Å²) in [6.07, 6.45) is -4.97. The van der Waals surface area contributed by atoms with E-state index in [2.05, 4.69) is 26.1 Å². The first kappa shape index (κ1) is 21.6. The molecule has 0 amide bonds. The summed E-state index contributed by atoms with van der Waals surface area (Å²) in [5, 5.41) is 3.21. The highest BCUT2D eigenvalue weighted by atomic mass is 35.5. The number of nitrogens with zero attached hydrogens (tertiary/aromatic N) is 1. The van der Waals surface area contributed by atoms with Gasteiger partial charge in [-0.25, -0.2) is 0 Å². The molecule has 1 fully saturated rings. The zero-order valence-corrected chi connectivity index (χ0v) is 16.0. The van der Waals surface area contributed by atoms with E-state index >= 15 is 0 Å². The van der Waals surface area contributed by atoms with E-state index < -0.39 is 18.6 Å². The number of hydrogen-bond acceptors (Lipinski definition) is 3. The number of piperazine rings is 1. The minimum absolute atomic E-state index is 0. The number of rotatable bonds is 4. The number of benzene rings is 1. The van der Waals surface area contributed by atoms with E-state index in [0.717, 1.165) is 23.5 Å². The van der Waals surface area contributed by atoms with Crippen LogP contribution in [0.4, 0.5) is 13.2 Å². The fourth-order valence-electron chi connectivity index (χ4n) is 2.83. The maximum absolute atomic E-state index is 13.2. The first-order chi connectivity index (χ1) is 10.7. The first-order valence-corrected chi connectivity index (χ1v) is 8.77. The van der Waals surface area contributed by atoms with Crippen LogP contribution in [0.3, 0.4) is 0 Å². The summed E-state index contributed by atoms with van der Waals surface area (Å²) in [5.74, 6) is 0. The highest BCUT2D eigenvalue weighted by Gasteiger charge is 2.37. The van der Waals surface area contributed by atoms with E-state index in [9.17, 15) is 13.2 Å². The smallest absolute Gasteiger partial charge is 0.314 e. The zero-order chi connectivity index (χ0) is 17.1. The van der Waals surface area contributed by atoms with Crippen molar-refractivity contribution in [3.05, 3.63) is 29.8 Å². The van der Waals surface area contributed by atoms with Crippen LogP contribution in [0.2, 0.25) is 0 Å². The summed E-state index contributed by atoms with van der Waals surface area (Å²) in [5.41, 5.74) is 0.798. The van der Waals surface area contributed by atoms with Gasteiger partial charge in [0.05, 0.1) is 6.42 Å². The summed E-state index contributed by atoms with van der Waals surface area (Å²) in [4.78, 5) is 2.92. The van der Waals surface area contributed by atoms with Crippen LogP contribution in [0, 0.1) is 0 Å². The maximum Gasteiger partial charge on any atom is 0.390 e. The van der Waals surface area contributed by atoms with Gasteiger partial charge in [0.2, 0.25) is 0 Å². The predicted octanol–water partition coefficient (Wildman–Crippen LogP) is 4.90. The predicted molar refractivity (Wildman–Crippen MR) is 97.2 cm³/mol. The van der Waals surface area contributed by atoms with Crippen LogP contribution in [0.5, 0.6) is 0 Å². The molecule has 0 unspecified atom stereocenters. The van der Waals surface area contributed by atoms with Gasteiger partial charge in [-0.15, -0.1) is 24.2 Å². The molecule has 0 radical (unpaired) electrons. The lowest BCUT2D eigenvalue weighted by molar-refractivity contribution is -0.149. The molecular weight excluding hydrogens is 357 g/mol. The molecular formula is C17H26ClF3N2S. The van der Waals surface area contributed by atoms with Crippen molar-refractivity contribution >= 4 is 24.2 Å². The second-order valence-electron chi connectivity index (χ2n) is 6.87. The second-order valence-corrected chi connectivity index (χ2v) is 8.74. The van der Waals surface area contributed by atoms with Crippen LogP contribution in [-0.4, -0.2) is 42.0 Å². The molecule has 0 aromatic heterocycles. The van der Waals surface area contributed by atoms with Crippen LogP contribution in [-0.2, 0) is 0 Å². The van der Waals surface area contributed by atoms with Gasteiger partial charge in [-0.2, -0.15) is 13.2 Å². The van der Waals surface area contributed by atoms with Gasteiger partial charge >= 0.3 is 6.18 Å². The summed E-state index contributed by atoms with van der Waals surface area (Å²) >= 11 is 1.64. The van der Waals surface area contributed by atoms with Gasteiger partial charge in [0.25, 0.3) is 0 Å². The van der Waals surface area contributed by atoms with Gasteiger partial charge in [-0.05, 0) is 11.6 Å². The number of nitrogens with one attached hydrogen (secondary N) is 1. The fraction of sp³-hybridized carbons (Fsp3) is 0.647. The molecule has 24 heavy (non-hydrogen) atoms. The van der Waals surface area contributed by atoms with E-state index in [1.165, 1.54) is 0 Å². The number of alkyl halides is 3. The average Bonchev–Trinajstić information content (AvgIpc) is 2.44. The van der Waals surface area contributed by atoms with Gasteiger partial charge in [0.1, 0.15) is 0 Å². The Hall–Kier alpha value is -0.430. The standard InChI is InChI=1S/C17H25F3N2S.ClH/c1-16(2,3)23-15-7-5-4-6-13(15)14(12-17(18,19)20)22-10-8-21-9-11-22;/h4-7,14,21H,8-12H2,1-3H3;1H/t14-;/m0./s1. The molecule has 1 heterocycles. The third kappa shape index (κ3) is 6.82. The van der Waals surface area contributed by atoms with Gasteiger partial charge < -0.3 is 5.32 Å². The largest absolute Gasteiger partial charge is 0.390 e. The van der Waals surface area contributed by atoms with Gasteiger partial charge in [-0.1, -0.05) is 39.0 Å². The quantitative estimate of drug-likeness (QED) is 0.746. The molecule has 1 aromatic rings. The average molecular weight is 383 g/mol. The Bertz CT molecular complexity index is 511. The Morgan fingerprint density at radius 1 is 1.12 bits per heavy atom. The molecule has 1 aromatic carbocycles. The fourth-order valence-corrected chi connectivity index (χ4v) is 3.96. The van der Waals surface area contributed by atoms with Crippen molar-refractivity contribution < 1.29 is 13.2 Å². The molecule has 1 atom stereocenters. The molecule has 0 spiro atoms. The molecule has 1 N–H and O–H groups in total. The van der Waals surface area contributed by atoms with Gasteiger partial charge in [0.15, 0.2) is 0 Å². The van der Waals surface area contributed by atoms with Crippen molar-refractivity contribution in [1.82, 2.24) is 10.2 Å². The molecule has 0 saturated carbocycles. The van der Waals surface area contributed by atoms with Crippen LogP contribution in [0.25, 0.3) is 0 Å². The molecule has 7 heteroatoms. The Labute approximate surface area is 153 Å². The summed E-state index contributed by atoms with van der Waals surface area (Å²) in [6, 6.07) is 6.93. The first-order valence-electron chi connectivity index (χ1n) is 7.95. The van der Waals surface area contributed by atoms with E-state index in [1.807, 2.05) is 29.2 Å². The molecule has 0 aliphatic carbocycles. The maximum atomic E-state index is 13.2. The Balaban J connectivity index is 0.00000288. The van der Waals surface area contributed by atoms with E-state index in [1.54, 1.807) is 11.8 Å². The molecule has 1 aliphatic heterocycles. The lowest BCUT2D eigenvalue weighted by Gasteiger charge is -2.37. The van der Waals surface area contributed by atoms with E-state index in [0.29, 0.717) is 13.1 Å². The lowest BCUT2D eigenvalue weighted by atomic mass is 10.0.